The molecule has 4 nitrogen and oxygen atoms in total. The molecule has 1 rings (SSSR count). The second-order valence-electron chi connectivity index (χ2n) is 2.45. The summed E-state index contributed by atoms with van der Waals surface area (Å²) >= 11 is 5.66. The lowest BCUT2D eigenvalue weighted by atomic mass is 10.2. The van der Waals surface area contributed by atoms with Crippen LogP contribution >= 0.6 is 11.6 Å². The predicted molar refractivity (Wildman–Crippen MR) is 52.6 cm³/mol. The largest absolute Gasteiger partial charge is 0.479 e. The smallest absolute Gasteiger partial charge is 0.344 e. The van der Waals surface area contributed by atoms with Crippen molar-refractivity contribution in [3.8, 4) is 0 Å². The zero-order chi connectivity index (χ0) is 10.4. The van der Waals surface area contributed by atoms with Gasteiger partial charge in [-0.15, -0.1) is 0 Å². The van der Waals surface area contributed by atoms with Crippen LogP contribution in [0.5, 0.6) is 0 Å². The van der Waals surface area contributed by atoms with E-state index in [4.69, 9.17) is 16.7 Å². The number of benzene rings is 1. The Morgan fingerprint density at radius 2 is 2.14 bits per heavy atom. The van der Waals surface area contributed by atoms with Crippen LogP contribution in [0.3, 0.4) is 0 Å². The number of oxime groups is 1. The van der Waals surface area contributed by atoms with E-state index < -0.39 is 12.6 Å². The van der Waals surface area contributed by atoms with Crippen LogP contribution in [0.2, 0.25) is 5.02 Å². The second-order valence-corrected chi connectivity index (χ2v) is 2.89. The molecule has 1 aromatic carbocycles. The third kappa shape index (κ3) is 3.91. The first-order chi connectivity index (χ1) is 6.68. The first-order valence-electron chi connectivity index (χ1n) is 3.81. The highest BCUT2D eigenvalue weighted by Gasteiger charge is 1.93. The van der Waals surface area contributed by atoms with Gasteiger partial charge in [-0.2, -0.15) is 0 Å². The molecule has 0 fully saturated rings. The highest BCUT2D eigenvalue weighted by molar-refractivity contribution is 6.30. The number of nitrogens with zero attached hydrogens (tertiary/aromatic N) is 1. The first kappa shape index (κ1) is 10.5. The van der Waals surface area contributed by atoms with Crippen molar-refractivity contribution >= 4 is 23.8 Å². The lowest BCUT2D eigenvalue weighted by molar-refractivity contribution is -0.142. The maximum atomic E-state index is 10.0. The molecular formula is C9H8ClNO3. The van der Waals surface area contributed by atoms with E-state index >= 15 is 0 Å². The number of halogens is 1. The average Bonchev–Trinajstić information content (AvgIpc) is 2.15. The Bertz CT molecular complexity index is 334. The van der Waals surface area contributed by atoms with Gasteiger partial charge in [0.15, 0.2) is 0 Å². The molecule has 1 N–H and O–H groups in total. The lowest BCUT2D eigenvalue weighted by Gasteiger charge is -1.94. The van der Waals surface area contributed by atoms with Crippen molar-refractivity contribution in [2.24, 2.45) is 5.16 Å². The van der Waals surface area contributed by atoms with Crippen LogP contribution < -0.4 is 0 Å². The monoisotopic (exact) mass is 213 g/mol. The molecule has 0 unspecified atom stereocenters. The number of aliphatic carboxylic acids is 1. The Balaban J connectivity index is 2.44. The van der Waals surface area contributed by atoms with Crippen LogP contribution in [-0.2, 0) is 9.63 Å². The highest BCUT2D eigenvalue weighted by Crippen LogP contribution is 2.07. The number of carbonyl (C=O) groups is 1. The molecule has 0 aliphatic carbocycles. The molecule has 0 spiro atoms. The fraction of sp³-hybridized carbons (Fsp3) is 0.111. The topological polar surface area (TPSA) is 58.9 Å². The van der Waals surface area contributed by atoms with Crippen LogP contribution in [-0.4, -0.2) is 23.9 Å². The normalized spacial score (nSPS) is 10.4. The maximum absolute atomic E-state index is 10.0. The van der Waals surface area contributed by atoms with E-state index in [1.54, 1.807) is 24.3 Å². The molecular weight excluding hydrogens is 206 g/mol. The van der Waals surface area contributed by atoms with Gasteiger partial charge in [0.1, 0.15) is 0 Å². The second kappa shape index (κ2) is 5.24. The van der Waals surface area contributed by atoms with Gasteiger partial charge in [0.25, 0.3) is 0 Å². The van der Waals surface area contributed by atoms with Crippen LogP contribution in [0.4, 0.5) is 0 Å². The summed E-state index contributed by atoms with van der Waals surface area (Å²) in [5.74, 6) is -1.06. The molecule has 14 heavy (non-hydrogen) atoms. The van der Waals surface area contributed by atoms with Gasteiger partial charge in [0, 0.05) is 5.02 Å². The summed E-state index contributed by atoms with van der Waals surface area (Å²) in [6.07, 6.45) is 1.42. The van der Waals surface area contributed by atoms with Crippen molar-refractivity contribution < 1.29 is 14.7 Å². The summed E-state index contributed by atoms with van der Waals surface area (Å²) in [6.45, 7) is -0.440. The van der Waals surface area contributed by atoms with Gasteiger partial charge < -0.3 is 9.94 Å². The highest BCUT2D eigenvalue weighted by atomic mass is 35.5. The summed E-state index contributed by atoms with van der Waals surface area (Å²) in [5, 5.41) is 12.3. The molecule has 0 saturated heterocycles. The molecule has 0 aliphatic heterocycles. The van der Waals surface area contributed by atoms with Crippen molar-refractivity contribution in [3.05, 3.63) is 34.9 Å². The van der Waals surface area contributed by atoms with Crippen LogP contribution in [0, 0.1) is 0 Å². The summed E-state index contributed by atoms with van der Waals surface area (Å²) in [5.41, 5.74) is 0.791. The Morgan fingerprint density at radius 3 is 2.71 bits per heavy atom. The van der Waals surface area contributed by atoms with E-state index in [0.29, 0.717) is 5.02 Å². The fourth-order valence-corrected chi connectivity index (χ4v) is 0.865. The lowest BCUT2D eigenvalue weighted by Crippen LogP contribution is -2.03. The fourth-order valence-electron chi connectivity index (χ4n) is 0.739. The number of hydrogen-bond donors (Lipinski definition) is 1. The first-order valence-corrected chi connectivity index (χ1v) is 4.19. The van der Waals surface area contributed by atoms with Crippen LogP contribution in [0.25, 0.3) is 0 Å². The number of carboxylic acids is 1. The zero-order valence-corrected chi connectivity index (χ0v) is 7.94. The number of rotatable bonds is 4. The Hall–Kier alpha value is -1.55. The molecule has 0 atom stereocenters. The van der Waals surface area contributed by atoms with Crippen molar-refractivity contribution in [1.29, 1.82) is 0 Å². The predicted octanol–water partition coefficient (Wildman–Crippen LogP) is 1.78. The van der Waals surface area contributed by atoms with Gasteiger partial charge in [-0.25, -0.2) is 4.79 Å². The van der Waals surface area contributed by atoms with Gasteiger partial charge in [-0.3, -0.25) is 0 Å². The van der Waals surface area contributed by atoms with E-state index in [2.05, 4.69) is 9.99 Å². The molecule has 0 radical (unpaired) electrons. The summed E-state index contributed by atoms with van der Waals surface area (Å²) in [4.78, 5) is 14.5. The minimum atomic E-state index is -1.06. The van der Waals surface area contributed by atoms with Crippen LogP contribution in [0.15, 0.2) is 29.4 Å². The van der Waals surface area contributed by atoms with Crippen molar-refractivity contribution in [2.75, 3.05) is 6.61 Å². The SMILES string of the molecule is O=C(O)CO/N=C/c1ccc(Cl)cc1. The van der Waals surface area contributed by atoms with Crippen molar-refractivity contribution in [3.63, 3.8) is 0 Å². The molecule has 0 aliphatic rings. The van der Waals surface area contributed by atoms with E-state index in [1.165, 1.54) is 6.21 Å². The van der Waals surface area contributed by atoms with Gasteiger partial charge in [0.2, 0.25) is 6.61 Å². The van der Waals surface area contributed by atoms with Gasteiger partial charge in [-0.05, 0) is 17.7 Å². The molecule has 1 aromatic rings. The van der Waals surface area contributed by atoms with Gasteiger partial charge >= 0.3 is 5.97 Å². The maximum Gasteiger partial charge on any atom is 0.344 e. The molecule has 0 aromatic heterocycles. The van der Waals surface area contributed by atoms with Gasteiger partial charge in [0.05, 0.1) is 6.21 Å². The number of carboxylic acid groups (broad SMARTS) is 1. The minimum Gasteiger partial charge on any atom is -0.479 e. The molecule has 5 heteroatoms. The Labute approximate surface area is 85.7 Å². The summed E-state index contributed by atoms with van der Waals surface area (Å²) in [7, 11) is 0. The van der Waals surface area contributed by atoms with E-state index in [1.807, 2.05) is 0 Å². The molecule has 0 amide bonds. The molecule has 0 heterocycles. The number of hydrogen-bond acceptors (Lipinski definition) is 3. The Kier molecular flexibility index (Phi) is 3.94. The van der Waals surface area contributed by atoms with Crippen molar-refractivity contribution in [2.45, 2.75) is 0 Å². The molecule has 0 saturated carbocycles. The van der Waals surface area contributed by atoms with E-state index in [9.17, 15) is 4.79 Å². The molecule has 74 valence electrons. The van der Waals surface area contributed by atoms with Crippen molar-refractivity contribution in [1.82, 2.24) is 0 Å². The molecule has 0 bridgehead atoms. The summed E-state index contributed by atoms with van der Waals surface area (Å²) < 4.78 is 0. The third-order valence-electron chi connectivity index (χ3n) is 1.33. The van der Waals surface area contributed by atoms with E-state index in [0.717, 1.165) is 5.56 Å². The quantitative estimate of drug-likeness (QED) is 0.613. The minimum absolute atomic E-state index is 0.440. The zero-order valence-electron chi connectivity index (χ0n) is 7.18. The summed E-state index contributed by atoms with van der Waals surface area (Å²) in [6, 6.07) is 6.91. The van der Waals surface area contributed by atoms with E-state index in [-0.39, 0.29) is 0 Å². The van der Waals surface area contributed by atoms with Crippen LogP contribution in [0.1, 0.15) is 5.56 Å². The Morgan fingerprint density at radius 1 is 1.50 bits per heavy atom. The average molecular weight is 214 g/mol. The third-order valence-corrected chi connectivity index (χ3v) is 1.59. The van der Waals surface area contributed by atoms with Gasteiger partial charge in [-0.1, -0.05) is 28.9 Å². The standard InChI is InChI=1S/C9H8ClNO3/c10-8-3-1-7(2-4-8)5-11-14-6-9(12)13/h1-5H,6H2,(H,12,13)/b11-5+.